The van der Waals surface area contributed by atoms with Gasteiger partial charge in [-0.25, -0.2) is 0 Å². The Hall–Kier alpha value is -0.610. The van der Waals surface area contributed by atoms with E-state index in [-0.39, 0.29) is 6.10 Å². The van der Waals surface area contributed by atoms with Gasteiger partial charge in [0, 0.05) is 18.5 Å². The quantitative estimate of drug-likeness (QED) is 0.609. The molecule has 0 aromatic heterocycles. The summed E-state index contributed by atoms with van der Waals surface area (Å²) in [6.45, 7) is 3.94. The average molecular weight is 251 g/mol. The van der Waals surface area contributed by atoms with E-state index in [2.05, 4.69) is 9.89 Å². The Balaban J connectivity index is 1.49. The third-order valence-electron chi connectivity index (χ3n) is 4.71. The van der Waals surface area contributed by atoms with Crippen molar-refractivity contribution >= 4 is 5.84 Å². The predicted molar refractivity (Wildman–Crippen MR) is 72.8 cm³/mol. The van der Waals surface area contributed by atoms with Crippen molar-refractivity contribution in [1.82, 2.24) is 4.90 Å². The fourth-order valence-electron chi connectivity index (χ4n) is 3.55. The minimum Gasteiger partial charge on any atom is -0.387 e. The van der Waals surface area contributed by atoms with Gasteiger partial charge in [0.25, 0.3) is 0 Å². The van der Waals surface area contributed by atoms with Crippen LogP contribution in [0.4, 0.5) is 0 Å². The lowest BCUT2D eigenvalue weighted by Crippen LogP contribution is -2.47. The van der Waals surface area contributed by atoms with Crippen molar-refractivity contribution in [3.63, 3.8) is 0 Å². The van der Waals surface area contributed by atoms with Gasteiger partial charge in [-0.3, -0.25) is 9.89 Å². The highest BCUT2D eigenvalue weighted by Crippen LogP contribution is 2.25. The van der Waals surface area contributed by atoms with E-state index in [1.165, 1.54) is 45.1 Å². The smallest absolute Gasteiger partial charge is 0.0969 e. The number of rotatable bonds is 3. The average Bonchev–Trinajstić information content (AvgIpc) is 3.05. The molecule has 0 amide bonds. The summed E-state index contributed by atoms with van der Waals surface area (Å²) in [6, 6.07) is 0.678. The summed E-state index contributed by atoms with van der Waals surface area (Å²) in [7, 11) is 0. The zero-order chi connectivity index (χ0) is 12.4. The first-order chi connectivity index (χ1) is 8.83. The van der Waals surface area contributed by atoms with Crippen LogP contribution >= 0.6 is 0 Å². The summed E-state index contributed by atoms with van der Waals surface area (Å²) < 4.78 is 5.90. The summed E-state index contributed by atoms with van der Waals surface area (Å²) >= 11 is 0. The van der Waals surface area contributed by atoms with Gasteiger partial charge in [0.2, 0.25) is 0 Å². The molecule has 18 heavy (non-hydrogen) atoms. The van der Waals surface area contributed by atoms with Gasteiger partial charge in [0.05, 0.1) is 25.1 Å². The molecule has 4 nitrogen and oxygen atoms in total. The Morgan fingerprint density at radius 1 is 1.22 bits per heavy atom. The molecule has 0 aromatic carbocycles. The third kappa shape index (κ3) is 2.69. The molecule has 0 aromatic rings. The van der Waals surface area contributed by atoms with Gasteiger partial charge >= 0.3 is 0 Å². The molecule has 0 spiro atoms. The molecule has 2 atom stereocenters. The molecular weight excluding hydrogens is 226 g/mol. The number of nitrogens with zero attached hydrogens (tertiary/aromatic N) is 2. The van der Waals surface area contributed by atoms with Crippen molar-refractivity contribution in [2.24, 2.45) is 16.6 Å². The number of nitrogens with two attached hydrogens (primary N) is 1. The second-order valence-corrected chi connectivity index (χ2v) is 5.99. The van der Waals surface area contributed by atoms with E-state index in [4.69, 9.17) is 10.5 Å². The highest BCUT2D eigenvalue weighted by Gasteiger charge is 2.32. The van der Waals surface area contributed by atoms with Gasteiger partial charge in [0.1, 0.15) is 0 Å². The van der Waals surface area contributed by atoms with Crippen molar-refractivity contribution in [3.05, 3.63) is 0 Å². The van der Waals surface area contributed by atoms with E-state index in [1.54, 1.807) is 0 Å². The monoisotopic (exact) mass is 251 g/mol. The van der Waals surface area contributed by atoms with Gasteiger partial charge < -0.3 is 10.5 Å². The summed E-state index contributed by atoms with van der Waals surface area (Å²) in [6.07, 6.45) is 7.99. The third-order valence-corrected chi connectivity index (χ3v) is 4.71. The number of hydrogen-bond acceptors (Lipinski definition) is 3. The zero-order valence-corrected chi connectivity index (χ0v) is 11.2. The molecule has 1 saturated carbocycles. The van der Waals surface area contributed by atoms with Gasteiger partial charge in [0.15, 0.2) is 0 Å². The van der Waals surface area contributed by atoms with E-state index in [9.17, 15) is 0 Å². The normalized spacial score (nSPS) is 35.0. The van der Waals surface area contributed by atoms with Crippen LogP contribution in [0.5, 0.6) is 0 Å². The first kappa shape index (κ1) is 12.4. The number of hydrogen-bond donors (Lipinski definition) is 1. The van der Waals surface area contributed by atoms with E-state index in [0.29, 0.717) is 12.0 Å². The molecule has 2 N–H and O–H groups in total. The fraction of sp³-hybridized carbons (Fsp3) is 0.929. The van der Waals surface area contributed by atoms with Crippen molar-refractivity contribution in [2.45, 2.75) is 50.7 Å². The molecular formula is C14H25N3O. The summed E-state index contributed by atoms with van der Waals surface area (Å²) in [4.78, 5) is 7.15. The molecule has 3 rings (SSSR count). The van der Waals surface area contributed by atoms with Crippen LogP contribution in [-0.2, 0) is 4.74 Å². The topological polar surface area (TPSA) is 50.8 Å². The highest BCUT2D eigenvalue weighted by molar-refractivity contribution is 5.83. The Labute approximate surface area is 110 Å². The number of ether oxygens (including phenoxy) is 1. The van der Waals surface area contributed by atoms with E-state index in [0.717, 1.165) is 25.5 Å². The van der Waals surface area contributed by atoms with Gasteiger partial charge in [-0.15, -0.1) is 0 Å². The molecule has 0 bridgehead atoms. The van der Waals surface area contributed by atoms with E-state index < -0.39 is 0 Å². The van der Waals surface area contributed by atoms with Crippen LogP contribution in [0.15, 0.2) is 4.99 Å². The first-order valence-corrected chi connectivity index (χ1v) is 7.48. The minimum atomic E-state index is 0.263. The summed E-state index contributed by atoms with van der Waals surface area (Å²) in [5.74, 6) is 1.42. The van der Waals surface area contributed by atoms with Crippen LogP contribution < -0.4 is 5.73 Å². The number of aliphatic imine (C=N–C) groups is 1. The zero-order valence-electron chi connectivity index (χ0n) is 11.2. The lowest BCUT2D eigenvalue weighted by atomic mass is 10.1. The standard InChI is InChI=1S/C14H25N3O/c15-14(11-4-1-2-5-11)16-8-13-9-17-7-3-6-12(17)10-18-13/h11-13H,1-10H2,(H2,15,16). The van der Waals surface area contributed by atoms with Crippen LogP contribution in [0.3, 0.4) is 0 Å². The molecule has 2 heterocycles. The van der Waals surface area contributed by atoms with Gasteiger partial charge in [-0.1, -0.05) is 12.8 Å². The van der Waals surface area contributed by atoms with Crippen molar-refractivity contribution in [2.75, 3.05) is 26.2 Å². The van der Waals surface area contributed by atoms with Gasteiger partial charge in [-0.2, -0.15) is 0 Å². The lowest BCUT2D eigenvalue weighted by Gasteiger charge is -2.34. The molecule has 1 aliphatic carbocycles. The van der Waals surface area contributed by atoms with Crippen molar-refractivity contribution < 1.29 is 4.74 Å². The molecule has 4 heteroatoms. The number of fused-ring (bicyclic) bond motifs is 1. The fourth-order valence-corrected chi connectivity index (χ4v) is 3.55. The van der Waals surface area contributed by atoms with Crippen LogP contribution in [0.1, 0.15) is 38.5 Å². The molecule has 102 valence electrons. The Morgan fingerprint density at radius 2 is 2.06 bits per heavy atom. The summed E-state index contributed by atoms with van der Waals surface area (Å²) in [5, 5.41) is 0. The minimum absolute atomic E-state index is 0.263. The van der Waals surface area contributed by atoms with Crippen molar-refractivity contribution in [1.29, 1.82) is 0 Å². The Bertz CT molecular complexity index is 312. The summed E-state index contributed by atoms with van der Waals surface area (Å²) in [5.41, 5.74) is 6.08. The maximum absolute atomic E-state index is 6.08. The molecule has 0 radical (unpaired) electrons. The lowest BCUT2D eigenvalue weighted by molar-refractivity contribution is -0.0432. The van der Waals surface area contributed by atoms with Gasteiger partial charge in [-0.05, 0) is 32.2 Å². The second kappa shape index (κ2) is 5.57. The predicted octanol–water partition coefficient (Wildman–Crippen LogP) is 1.40. The molecule has 2 unspecified atom stereocenters. The molecule has 3 aliphatic rings. The van der Waals surface area contributed by atoms with Crippen LogP contribution in [0.25, 0.3) is 0 Å². The van der Waals surface area contributed by atoms with Crippen LogP contribution in [0, 0.1) is 5.92 Å². The second-order valence-electron chi connectivity index (χ2n) is 5.99. The Morgan fingerprint density at radius 3 is 2.89 bits per heavy atom. The Kier molecular flexibility index (Phi) is 3.85. The first-order valence-electron chi connectivity index (χ1n) is 7.48. The largest absolute Gasteiger partial charge is 0.387 e. The number of amidine groups is 1. The molecule has 2 saturated heterocycles. The number of morpholine rings is 1. The molecule has 2 aliphatic heterocycles. The van der Waals surface area contributed by atoms with E-state index >= 15 is 0 Å². The van der Waals surface area contributed by atoms with E-state index in [1.807, 2.05) is 0 Å². The maximum atomic E-state index is 6.08. The maximum Gasteiger partial charge on any atom is 0.0969 e. The van der Waals surface area contributed by atoms with Crippen molar-refractivity contribution in [3.8, 4) is 0 Å². The van der Waals surface area contributed by atoms with Crippen LogP contribution in [0.2, 0.25) is 0 Å². The SMILES string of the molecule is NC(=NCC1CN2CCCC2CO1)C1CCCC1. The molecule has 3 fully saturated rings. The van der Waals surface area contributed by atoms with Crippen LogP contribution in [-0.4, -0.2) is 49.1 Å². The highest BCUT2D eigenvalue weighted by atomic mass is 16.5.